The lowest BCUT2D eigenvalue weighted by Crippen LogP contribution is -2.31. The Kier molecular flexibility index (Phi) is 8.15. The number of sulfonamides is 1. The lowest BCUT2D eigenvalue weighted by atomic mass is 10.1. The molecule has 8 heteroatoms. The smallest absolute Gasteiger partial charge is 0.258 e. The summed E-state index contributed by atoms with van der Waals surface area (Å²) in [5.41, 5.74) is 3.52. The molecular formula is C25H27BrN2O4S. The van der Waals surface area contributed by atoms with Gasteiger partial charge in [-0.05, 0) is 61.4 Å². The third-order valence-electron chi connectivity index (χ3n) is 5.09. The van der Waals surface area contributed by atoms with Gasteiger partial charge in [0.25, 0.3) is 5.91 Å². The third kappa shape index (κ3) is 7.33. The van der Waals surface area contributed by atoms with Gasteiger partial charge in [0.2, 0.25) is 10.0 Å². The number of hydrogen-bond donors (Lipinski definition) is 1. The fraction of sp³-hybridized carbons (Fsp3) is 0.240. The molecule has 6 nitrogen and oxygen atoms in total. The zero-order valence-electron chi connectivity index (χ0n) is 18.8. The molecule has 3 aromatic rings. The van der Waals surface area contributed by atoms with Crippen molar-refractivity contribution in [3.8, 4) is 5.75 Å². The number of carbonyl (C=O) groups is 1. The molecule has 0 saturated heterocycles. The summed E-state index contributed by atoms with van der Waals surface area (Å²) in [7, 11) is -3.48. The van der Waals surface area contributed by atoms with Crippen LogP contribution in [0.2, 0.25) is 0 Å². The molecule has 33 heavy (non-hydrogen) atoms. The molecule has 0 aliphatic carbocycles. The summed E-state index contributed by atoms with van der Waals surface area (Å²) in [6, 6.07) is 22.0. The standard InChI is InChI=1S/C25H27BrN2O4S/c1-18-4-6-20(7-5-18)16-28(33(3,30)31)23-12-14-24(15-13-23)32-17-25(29)27-19(2)21-8-10-22(26)11-9-21/h4-15,19H,16-17H2,1-3H3,(H,27,29). The van der Waals surface area contributed by atoms with Gasteiger partial charge in [-0.2, -0.15) is 0 Å². The molecule has 1 unspecified atom stereocenters. The van der Waals surface area contributed by atoms with Crippen molar-refractivity contribution in [2.75, 3.05) is 17.2 Å². The molecule has 174 valence electrons. The molecule has 1 amide bonds. The fourth-order valence-electron chi connectivity index (χ4n) is 3.23. The lowest BCUT2D eigenvalue weighted by Gasteiger charge is -2.23. The van der Waals surface area contributed by atoms with Crippen molar-refractivity contribution in [1.29, 1.82) is 0 Å². The summed E-state index contributed by atoms with van der Waals surface area (Å²) in [6.45, 7) is 3.98. The molecule has 3 aromatic carbocycles. The van der Waals surface area contributed by atoms with Crippen molar-refractivity contribution >= 4 is 37.5 Å². The van der Waals surface area contributed by atoms with Crippen LogP contribution in [0.25, 0.3) is 0 Å². The van der Waals surface area contributed by atoms with E-state index in [0.717, 1.165) is 21.2 Å². The molecule has 0 aromatic heterocycles. The quantitative estimate of drug-likeness (QED) is 0.423. The Balaban J connectivity index is 1.60. The Labute approximate surface area is 203 Å². The van der Waals surface area contributed by atoms with Gasteiger partial charge in [-0.25, -0.2) is 8.42 Å². The minimum atomic E-state index is -3.48. The normalized spacial score (nSPS) is 12.1. The van der Waals surface area contributed by atoms with Gasteiger partial charge >= 0.3 is 0 Å². The highest BCUT2D eigenvalue weighted by Gasteiger charge is 2.18. The Bertz CT molecular complexity index is 1180. The van der Waals surface area contributed by atoms with Gasteiger partial charge < -0.3 is 10.1 Å². The van der Waals surface area contributed by atoms with E-state index in [-0.39, 0.29) is 25.1 Å². The number of aryl methyl sites for hydroxylation is 1. The second-order valence-electron chi connectivity index (χ2n) is 7.88. The molecule has 1 atom stereocenters. The summed E-state index contributed by atoms with van der Waals surface area (Å²) in [5.74, 6) is 0.237. The Morgan fingerprint density at radius 2 is 1.61 bits per heavy atom. The van der Waals surface area contributed by atoms with Crippen molar-refractivity contribution in [1.82, 2.24) is 5.32 Å². The largest absolute Gasteiger partial charge is 0.484 e. The first-order valence-electron chi connectivity index (χ1n) is 10.4. The summed E-state index contributed by atoms with van der Waals surface area (Å²) in [5, 5.41) is 2.90. The zero-order chi connectivity index (χ0) is 24.0. The first kappa shape index (κ1) is 24.8. The molecule has 0 fully saturated rings. The average Bonchev–Trinajstić information content (AvgIpc) is 2.77. The first-order chi connectivity index (χ1) is 15.6. The number of carbonyl (C=O) groups excluding carboxylic acids is 1. The van der Waals surface area contributed by atoms with Crippen LogP contribution in [0.3, 0.4) is 0 Å². The van der Waals surface area contributed by atoms with Crippen LogP contribution in [-0.2, 0) is 21.4 Å². The predicted molar refractivity (Wildman–Crippen MR) is 135 cm³/mol. The Hall–Kier alpha value is -2.84. The van der Waals surface area contributed by atoms with Crippen LogP contribution in [0.5, 0.6) is 5.75 Å². The highest BCUT2D eigenvalue weighted by atomic mass is 79.9. The van der Waals surface area contributed by atoms with Crippen LogP contribution in [0.4, 0.5) is 5.69 Å². The highest BCUT2D eigenvalue weighted by molar-refractivity contribution is 9.10. The maximum Gasteiger partial charge on any atom is 0.258 e. The number of ether oxygens (including phenoxy) is 1. The van der Waals surface area contributed by atoms with Gasteiger partial charge in [-0.3, -0.25) is 9.10 Å². The van der Waals surface area contributed by atoms with Gasteiger partial charge in [0, 0.05) is 4.47 Å². The van der Waals surface area contributed by atoms with Crippen molar-refractivity contribution < 1.29 is 17.9 Å². The third-order valence-corrected chi connectivity index (χ3v) is 6.76. The second-order valence-corrected chi connectivity index (χ2v) is 10.7. The second kappa shape index (κ2) is 10.9. The van der Waals surface area contributed by atoms with Crippen molar-refractivity contribution in [3.05, 3.63) is 94.0 Å². The Morgan fingerprint density at radius 3 is 2.18 bits per heavy atom. The number of nitrogens with one attached hydrogen (secondary N) is 1. The van der Waals surface area contributed by atoms with Gasteiger partial charge in [-0.15, -0.1) is 0 Å². The van der Waals surface area contributed by atoms with E-state index in [1.54, 1.807) is 24.3 Å². The molecule has 0 heterocycles. The van der Waals surface area contributed by atoms with E-state index < -0.39 is 10.0 Å². The minimum Gasteiger partial charge on any atom is -0.484 e. The summed E-state index contributed by atoms with van der Waals surface area (Å²) in [6.07, 6.45) is 1.18. The first-order valence-corrected chi connectivity index (χ1v) is 13.1. The molecule has 0 saturated carbocycles. The molecule has 0 aliphatic rings. The topological polar surface area (TPSA) is 75.7 Å². The number of anilines is 1. The van der Waals surface area contributed by atoms with Crippen LogP contribution < -0.4 is 14.4 Å². The molecule has 0 aliphatic heterocycles. The summed E-state index contributed by atoms with van der Waals surface area (Å²) in [4.78, 5) is 12.3. The van der Waals surface area contributed by atoms with Crippen LogP contribution in [0, 0.1) is 6.92 Å². The van der Waals surface area contributed by atoms with E-state index in [1.807, 2.05) is 62.4 Å². The van der Waals surface area contributed by atoms with Gasteiger partial charge in [0.1, 0.15) is 5.75 Å². The number of nitrogens with zero attached hydrogens (tertiary/aromatic N) is 1. The van der Waals surface area contributed by atoms with Gasteiger partial charge in [-0.1, -0.05) is 57.9 Å². The van der Waals surface area contributed by atoms with Crippen LogP contribution in [0.15, 0.2) is 77.3 Å². The van der Waals surface area contributed by atoms with Gasteiger partial charge in [0.15, 0.2) is 6.61 Å². The van der Waals surface area contributed by atoms with E-state index in [0.29, 0.717) is 11.4 Å². The average molecular weight is 531 g/mol. The number of hydrogen-bond acceptors (Lipinski definition) is 4. The van der Waals surface area contributed by atoms with E-state index in [9.17, 15) is 13.2 Å². The van der Waals surface area contributed by atoms with Crippen LogP contribution in [0.1, 0.15) is 29.7 Å². The molecule has 0 bridgehead atoms. The molecule has 3 rings (SSSR count). The molecule has 0 radical (unpaired) electrons. The van der Waals surface area contributed by atoms with E-state index >= 15 is 0 Å². The number of amides is 1. The van der Waals surface area contributed by atoms with E-state index in [2.05, 4.69) is 21.2 Å². The van der Waals surface area contributed by atoms with Crippen molar-refractivity contribution in [3.63, 3.8) is 0 Å². The van der Waals surface area contributed by atoms with Gasteiger partial charge in [0.05, 0.1) is 24.5 Å². The monoisotopic (exact) mass is 530 g/mol. The molecular weight excluding hydrogens is 504 g/mol. The van der Waals surface area contributed by atoms with E-state index in [1.165, 1.54) is 10.6 Å². The SMILES string of the molecule is Cc1ccc(CN(c2ccc(OCC(=O)NC(C)c3ccc(Br)cc3)cc2)S(C)(=O)=O)cc1. The summed E-state index contributed by atoms with van der Waals surface area (Å²) >= 11 is 3.40. The summed E-state index contributed by atoms with van der Waals surface area (Å²) < 4.78 is 32.7. The number of halogens is 1. The minimum absolute atomic E-state index is 0.140. The molecule has 0 spiro atoms. The molecule has 1 N–H and O–H groups in total. The Morgan fingerprint density at radius 1 is 1.00 bits per heavy atom. The lowest BCUT2D eigenvalue weighted by molar-refractivity contribution is -0.123. The number of benzene rings is 3. The van der Waals surface area contributed by atoms with Crippen molar-refractivity contribution in [2.24, 2.45) is 0 Å². The highest BCUT2D eigenvalue weighted by Crippen LogP contribution is 2.24. The predicted octanol–water partition coefficient (Wildman–Crippen LogP) is 4.98. The number of rotatable bonds is 9. The maximum atomic E-state index is 12.4. The maximum absolute atomic E-state index is 12.4. The fourth-order valence-corrected chi connectivity index (χ4v) is 4.39. The van der Waals surface area contributed by atoms with Crippen LogP contribution in [-0.4, -0.2) is 27.2 Å². The van der Waals surface area contributed by atoms with Crippen molar-refractivity contribution in [2.45, 2.75) is 26.4 Å². The van der Waals surface area contributed by atoms with E-state index in [4.69, 9.17) is 4.74 Å². The zero-order valence-corrected chi connectivity index (χ0v) is 21.2. The van der Waals surface area contributed by atoms with Crippen LogP contribution >= 0.6 is 15.9 Å².